The second kappa shape index (κ2) is 4.71. The second-order valence-electron chi connectivity index (χ2n) is 3.93. The van der Waals surface area contributed by atoms with Gasteiger partial charge in [-0.15, -0.1) is 0 Å². The van der Waals surface area contributed by atoms with Crippen LogP contribution in [0.5, 0.6) is 0 Å². The Kier molecular flexibility index (Phi) is 3.28. The van der Waals surface area contributed by atoms with Crippen molar-refractivity contribution in [3.05, 3.63) is 34.5 Å². The Bertz CT molecular complexity index is 509. The Labute approximate surface area is 105 Å². The summed E-state index contributed by atoms with van der Waals surface area (Å²) < 4.78 is 0. The van der Waals surface area contributed by atoms with E-state index in [1.807, 2.05) is 27.0 Å². The molecule has 17 heavy (non-hydrogen) atoms. The summed E-state index contributed by atoms with van der Waals surface area (Å²) in [6.07, 6.45) is 3.60. The summed E-state index contributed by atoms with van der Waals surface area (Å²) in [5, 5.41) is 10.3. The van der Waals surface area contributed by atoms with Crippen LogP contribution in [-0.4, -0.2) is 20.2 Å². The number of aryl methyl sites for hydroxylation is 2. The van der Waals surface area contributed by atoms with Gasteiger partial charge in [0.1, 0.15) is 0 Å². The number of hydrogen-bond donors (Lipinski definition) is 2. The minimum atomic E-state index is 0.0719. The highest BCUT2D eigenvalue weighted by molar-refractivity contribution is 6.31. The van der Waals surface area contributed by atoms with Crippen molar-refractivity contribution in [2.75, 3.05) is 5.32 Å². The Hall–Kier alpha value is -1.62. The molecule has 0 bridgehead atoms. The molecule has 1 atom stereocenters. The molecule has 2 heterocycles. The standard InChI is InChI=1S/C11H14ClN5/c1-6-7(2)16-11(10(12)15-6)17-8(3)9-4-13-14-5-9/h4-5,8H,1-3H3,(H,13,14)(H,16,17). The molecule has 0 saturated carbocycles. The van der Waals surface area contributed by atoms with Crippen LogP contribution in [0.2, 0.25) is 5.15 Å². The minimum absolute atomic E-state index is 0.0719. The van der Waals surface area contributed by atoms with Gasteiger partial charge in [0, 0.05) is 11.8 Å². The lowest BCUT2D eigenvalue weighted by molar-refractivity contribution is 0.866. The molecule has 90 valence electrons. The fourth-order valence-corrected chi connectivity index (χ4v) is 1.68. The zero-order valence-corrected chi connectivity index (χ0v) is 10.7. The zero-order valence-electron chi connectivity index (χ0n) is 9.95. The first-order chi connectivity index (χ1) is 8.08. The Morgan fingerprint density at radius 1 is 1.29 bits per heavy atom. The fourth-order valence-electron chi connectivity index (χ4n) is 1.45. The lowest BCUT2D eigenvalue weighted by Gasteiger charge is -2.14. The second-order valence-corrected chi connectivity index (χ2v) is 4.29. The number of rotatable bonds is 3. The molecule has 0 aliphatic carbocycles. The molecule has 6 heteroatoms. The highest BCUT2D eigenvalue weighted by Crippen LogP contribution is 2.23. The third kappa shape index (κ3) is 2.55. The molecular formula is C11H14ClN5. The van der Waals surface area contributed by atoms with E-state index >= 15 is 0 Å². The van der Waals surface area contributed by atoms with Crippen molar-refractivity contribution in [1.82, 2.24) is 20.2 Å². The first-order valence-corrected chi connectivity index (χ1v) is 5.71. The van der Waals surface area contributed by atoms with Gasteiger partial charge >= 0.3 is 0 Å². The van der Waals surface area contributed by atoms with Crippen molar-refractivity contribution in [2.45, 2.75) is 26.8 Å². The summed E-state index contributed by atoms with van der Waals surface area (Å²) in [6.45, 7) is 5.81. The van der Waals surface area contributed by atoms with Crippen LogP contribution in [0.25, 0.3) is 0 Å². The van der Waals surface area contributed by atoms with E-state index in [2.05, 4.69) is 25.5 Å². The molecular weight excluding hydrogens is 238 g/mol. The van der Waals surface area contributed by atoms with Crippen LogP contribution in [0.3, 0.4) is 0 Å². The van der Waals surface area contributed by atoms with Crippen LogP contribution in [0.1, 0.15) is 29.9 Å². The number of aromatic nitrogens is 4. The Balaban J connectivity index is 2.22. The third-order valence-electron chi connectivity index (χ3n) is 2.64. The van der Waals surface area contributed by atoms with E-state index < -0.39 is 0 Å². The van der Waals surface area contributed by atoms with E-state index in [1.165, 1.54) is 0 Å². The van der Waals surface area contributed by atoms with Gasteiger partial charge in [-0.2, -0.15) is 5.10 Å². The molecule has 0 fully saturated rings. The summed E-state index contributed by atoms with van der Waals surface area (Å²) in [5.74, 6) is 0.600. The van der Waals surface area contributed by atoms with Crippen molar-refractivity contribution in [2.24, 2.45) is 0 Å². The van der Waals surface area contributed by atoms with E-state index in [1.54, 1.807) is 6.20 Å². The van der Waals surface area contributed by atoms with E-state index in [0.717, 1.165) is 17.0 Å². The molecule has 0 amide bonds. The number of nitrogens with zero attached hydrogens (tertiary/aromatic N) is 3. The molecule has 2 rings (SSSR count). The van der Waals surface area contributed by atoms with Gasteiger partial charge in [-0.25, -0.2) is 9.97 Å². The van der Waals surface area contributed by atoms with Gasteiger partial charge in [0.25, 0.3) is 0 Å². The zero-order chi connectivity index (χ0) is 12.4. The lowest BCUT2D eigenvalue weighted by atomic mass is 10.2. The smallest absolute Gasteiger partial charge is 0.171 e. The van der Waals surface area contributed by atoms with Crippen LogP contribution in [0.4, 0.5) is 5.82 Å². The monoisotopic (exact) mass is 251 g/mol. The van der Waals surface area contributed by atoms with E-state index in [0.29, 0.717) is 11.0 Å². The van der Waals surface area contributed by atoms with Crippen LogP contribution in [0, 0.1) is 13.8 Å². The predicted molar refractivity (Wildman–Crippen MR) is 67.1 cm³/mol. The lowest BCUT2D eigenvalue weighted by Crippen LogP contribution is -2.09. The number of nitrogens with one attached hydrogen (secondary N) is 2. The summed E-state index contributed by atoms with van der Waals surface area (Å²) in [7, 11) is 0. The molecule has 2 aromatic rings. The van der Waals surface area contributed by atoms with Crippen molar-refractivity contribution in [3.8, 4) is 0 Å². The molecule has 0 saturated heterocycles. The number of anilines is 1. The van der Waals surface area contributed by atoms with Gasteiger partial charge in [0.2, 0.25) is 0 Å². The summed E-state index contributed by atoms with van der Waals surface area (Å²) >= 11 is 6.05. The van der Waals surface area contributed by atoms with Crippen molar-refractivity contribution >= 4 is 17.4 Å². The third-order valence-corrected chi connectivity index (χ3v) is 2.90. The molecule has 1 unspecified atom stereocenters. The number of hydrogen-bond acceptors (Lipinski definition) is 4. The van der Waals surface area contributed by atoms with Gasteiger partial charge in [-0.1, -0.05) is 11.6 Å². The van der Waals surface area contributed by atoms with Gasteiger partial charge in [0.15, 0.2) is 11.0 Å². The van der Waals surface area contributed by atoms with E-state index in [-0.39, 0.29) is 6.04 Å². The van der Waals surface area contributed by atoms with Gasteiger partial charge in [-0.3, -0.25) is 5.10 Å². The first kappa shape index (κ1) is 11.9. The van der Waals surface area contributed by atoms with E-state index in [9.17, 15) is 0 Å². The summed E-state index contributed by atoms with van der Waals surface area (Å²) in [5.41, 5.74) is 2.76. The van der Waals surface area contributed by atoms with Crippen LogP contribution < -0.4 is 5.32 Å². The predicted octanol–water partition coefficient (Wildman–Crippen LogP) is 2.64. The molecule has 2 N–H and O–H groups in total. The quantitative estimate of drug-likeness (QED) is 0.880. The topological polar surface area (TPSA) is 66.5 Å². The molecule has 2 aromatic heterocycles. The number of aromatic amines is 1. The maximum Gasteiger partial charge on any atom is 0.171 e. The van der Waals surface area contributed by atoms with Crippen molar-refractivity contribution in [3.63, 3.8) is 0 Å². The number of halogens is 1. The van der Waals surface area contributed by atoms with Gasteiger partial charge < -0.3 is 5.32 Å². The molecule has 0 spiro atoms. The largest absolute Gasteiger partial charge is 0.361 e. The van der Waals surface area contributed by atoms with Gasteiger partial charge in [-0.05, 0) is 20.8 Å². The van der Waals surface area contributed by atoms with Crippen LogP contribution in [-0.2, 0) is 0 Å². The molecule has 0 aliphatic rings. The summed E-state index contributed by atoms with van der Waals surface area (Å²) in [4.78, 5) is 8.61. The first-order valence-electron chi connectivity index (χ1n) is 5.34. The Morgan fingerprint density at radius 2 is 2.00 bits per heavy atom. The molecule has 0 aromatic carbocycles. The number of H-pyrrole nitrogens is 1. The molecule has 0 aliphatic heterocycles. The maximum absolute atomic E-state index is 6.05. The van der Waals surface area contributed by atoms with Crippen molar-refractivity contribution < 1.29 is 0 Å². The van der Waals surface area contributed by atoms with Crippen LogP contribution >= 0.6 is 11.6 Å². The average Bonchev–Trinajstić information content (AvgIpc) is 2.79. The average molecular weight is 252 g/mol. The highest BCUT2D eigenvalue weighted by Gasteiger charge is 2.11. The normalized spacial score (nSPS) is 12.5. The fraction of sp³-hybridized carbons (Fsp3) is 0.364. The summed E-state index contributed by atoms with van der Waals surface area (Å²) in [6, 6.07) is 0.0719. The Morgan fingerprint density at radius 3 is 2.65 bits per heavy atom. The molecule has 0 radical (unpaired) electrons. The highest BCUT2D eigenvalue weighted by atomic mass is 35.5. The molecule has 5 nitrogen and oxygen atoms in total. The minimum Gasteiger partial charge on any atom is -0.361 e. The van der Waals surface area contributed by atoms with Crippen LogP contribution in [0.15, 0.2) is 12.4 Å². The maximum atomic E-state index is 6.05. The SMILES string of the molecule is Cc1nc(Cl)c(NC(C)c2cn[nH]c2)nc1C. The van der Waals surface area contributed by atoms with Crippen molar-refractivity contribution in [1.29, 1.82) is 0 Å². The van der Waals surface area contributed by atoms with Gasteiger partial charge in [0.05, 0.1) is 23.6 Å². The van der Waals surface area contributed by atoms with E-state index in [4.69, 9.17) is 11.6 Å².